The van der Waals surface area contributed by atoms with Crippen molar-refractivity contribution in [2.24, 2.45) is 0 Å². The second-order valence-corrected chi connectivity index (χ2v) is 62.4. The summed E-state index contributed by atoms with van der Waals surface area (Å²) in [6.45, 7) is 45.9. The highest BCUT2D eigenvalue weighted by molar-refractivity contribution is 9.27. The lowest BCUT2D eigenvalue weighted by Crippen LogP contribution is -2.64. The zero-order valence-corrected chi connectivity index (χ0v) is 42.7. The van der Waals surface area contributed by atoms with Gasteiger partial charge >= 0.3 is 0 Å². The van der Waals surface area contributed by atoms with Gasteiger partial charge in [-0.25, -0.2) is 0 Å². The van der Waals surface area contributed by atoms with Gasteiger partial charge in [0.15, 0.2) is 6.69 Å². The Kier molecular flexibility index (Phi) is 11.2. The third-order valence-electron chi connectivity index (χ3n) is 10.9. The summed E-state index contributed by atoms with van der Waals surface area (Å²) in [6.07, 6.45) is 0. The highest BCUT2D eigenvalue weighted by Gasteiger charge is 2.52. The van der Waals surface area contributed by atoms with E-state index in [1.807, 2.05) is 5.19 Å². The molecule has 1 unspecified atom stereocenters. The lowest BCUT2D eigenvalue weighted by atomic mass is 10.00. The normalized spacial score (nSPS) is 18.0. The SMILES string of the molecule is C[Si](C)(C)C(c1cc(C([Si](C)(C)C)[Si](C)(C)C)c([Si]2(Br)Cc3ccccc3-c3ccccc32)c(C([Si](C)(C)C)[Si](C)(C)C)c1)[Si](C)(C)C. The number of halogens is 1. The minimum atomic E-state index is -2.44. The standard InChI is InChI=1S/C40H69BrSi7/c1-42(2,3)38(43(4,5)6)31-27-34(39(44(7,8)9)45(10,11)12)37(35(28-31)40(46(13,14)15)47(16,17)18)48(41)29-30-23-19-20-24-32(30)33-25-21-22-26-36(33)48/h19-28,38-40H,29H2,1-18H3. The zero-order chi connectivity index (χ0) is 36.6. The van der Waals surface area contributed by atoms with Crippen molar-refractivity contribution in [1.82, 2.24) is 0 Å². The van der Waals surface area contributed by atoms with E-state index in [2.05, 4.69) is 179 Å². The van der Waals surface area contributed by atoms with Crippen LogP contribution < -0.4 is 10.4 Å². The molecule has 0 bridgehead atoms. The molecule has 1 aliphatic heterocycles. The van der Waals surface area contributed by atoms with Gasteiger partial charge in [0.25, 0.3) is 0 Å². The van der Waals surface area contributed by atoms with E-state index in [4.69, 9.17) is 15.3 Å². The van der Waals surface area contributed by atoms with Crippen molar-refractivity contribution in [3.05, 3.63) is 82.9 Å². The molecular weight excluding hydrogens is 757 g/mol. The summed E-state index contributed by atoms with van der Waals surface area (Å²) in [5, 5.41) is 5.55. The Hall–Kier alpha value is -0.342. The molecule has 0 fully saturated rings. The van der Waals surface area contributed by atoms with Crippen LogP contribution in [-0.2, 0) is 6.04 Å². The van der Waals surface area contributed by atoms with Crippen LogP contribution in [-0.4, -0.2) is 55.1 Å². The molecule has 0 saturated heterocycles. The van der Waals surface area contributed by atoms with Gasteiger partial charge in [-0.05, 0) is 65.3 Å². The Labute approximate surface area is 312 Å². The van der Waals surface area contributed by atoms with Crippen LogP contribution in [0.2, 0.25) is 118 Å². The quantitative estimate of drug-likeness (QED) is 0.141. The molecule has 48 heavy (non-hydrogen) atoms. The Morgan fingerprint density at radius 3 is 1.23 bits per heavy atom. The van der Waals surface area contributed by atoms with Crippen LogP contribution in [0.1, 0.15) is 37.7 Å². The number of rotatable bonds is 10. The molecule has 3 aromatic carbocycles. The second kappa shape index (κ2) is 13.3. The van der Waals surface area contributed by atoms with Crippen LogP contribution in [0.5, 0.6) is 0 Å². The summed E-state index contributed by atoms with van der Waals surface area (Å²) in [7, 11) is -9.65. The number of benzene rings is 3. The molecule has 0 N–H and O–H groups in total. The van der Waals surface area contributed by atoms with Gasteiger partial charge < -0.3 is 0 Å². The molecule has 264 valence electrons. The molecule has 1 heterocycles. The first-order valence-corrected chi connectivity index (χ1v) is 44.5. The van der Waals surface area contributed by atoms with Gasteiger partial charge in [0, 0.05) is 48.4 Å². The van der Waals surface area contributed by atoms with E-state index in [1.165, 1.54) is 16.7 Å². The Morgan fingerprint density at radius 1 is 0.479 bits per heavy atom. The molecule has 1 atom stereocenters. The van der Waals surface area contributed by atoms with Crippen LogP contribution in [0.3, 0.4) is 0 Å². The first-order chi connectivity index (χ1) is 21.5. The molecule has 1 aliphatic rings. The molecule has 3 aromatic rings. The van der Waals surface area contributed by atoms with Crippen molar-refractivity contribution in [3.63, 3.8) is 0 Å². The van der Waals surface area contributed by atoms with E-state index >= 15 is 0 Å². The maximum atomic E-state index is 4.94. The van der Waals surface area contributed by atoms with Crippen molar-refractivity contribution in [1.29, 1.82) is 0 Å². The fraction of sp³-hybridized carbons (Fsp3) is 0.550. The fourth-order valence-electron chi connectivity index (χ4n) is 11.1. The molecular formula is C40H69BrSi7. The predicted octanol–water partition coefficient (Wildman–Crippen LogP) is 12.4. The van der Waals surface area contributed by atoms with E-state index < -0.39 is 55.1 Å². The molecule has 0 nitrogen and oxygen atoms in total. The minimum Gasteiger partial charge on any atom is -0.114 e. The summed E-state index contributed by atoms with van der Waals surface area (Å²) in [4.78, 5) is 0. The largest absolute Gasteiger partial charge is 0.196 e. The van der Waals surface area contributed by atoms with Crippen molar-refractivity contribution < 1.29 is 0 Å². The topological polar surface area (TPSA) is 0 Å². The van der Waals surface area contributed by atoms with Gasteiger partial charge in [0.1, 0.15) is 0 Å². The third-order valence-corrected chi connectivity index (χ3v) is 45.6. The molecule has 0 aliphatic carbocycles. The predicted molar refractivity (Wildman–Crippen MR) is 244 cm³/mol. The summed E-state index contributed by atoms with van der Waals surface area (Å²) in [5.41, 5.74) is 9.81. The third kappa shape index (κ3) is 8.00. The minimum absolute atomic E-state index is 0.692. The number of fused-ring (bicyclic) bond motifs is 3. The van der Waals surface area contributed by atoms with Gasteiger partial charge in [-0.2, -0.15) is 0 Å². The number of hydrogen-bond acceptors (Lipinski definition) is 0. The van der Waals surface area contributed by atoms with Crippen LogP contribution in [0.25, 0.3) is 11.1 Å². The van der Waals surface area contributed by atoms with Crippen molar-refractivity contribution in [3.8, 4) is 11.1 Å². The zero-order valence-electron chi connectivity index (χ0n) is 34.1. The summed E-state index contributed by atoms with van der Waals surface area (Å²) in [6, 6.07) is 25.9. The van der Waals surface area contributed by atoms with Crippen LogP contribution in [0.15, 0.2) is 60.7 Å². The Bertz CT molecular complexity index is 1540. The van der Waals surface area contributed by atoms with E-state index in [-0.39, 0.29) is 0 Å². The van der Waals surface area contributed by atoms with Crippen molar-refractivity contribution >= 4 is 80.8 Å². The van der Waals surface area contributed by atoms with Gasteiger partial charge in [-0.3, -0.25) is 0 Å². The molecule has 4 rings (SSSR count). The fourth-order valence-corrected chi connectivity index (χ4v) is 57.0. The maximum Gasteiger partial charge on any atom is 0.196 e. The molecule has 0 saturated carbocycles. The number of hydrogen-bond donors (Lipinski definition) is 0. The molecule has 0 radical (unpaired) electrons. The van der Waals surface area contributed by atoms with Crippen LogP contribution in [0.4, 0.5) is 0 Å². The average Bonchev–Trinajstić information content (AvgIpc) is 2.83. The van der Waals surface area contributed by atoms with Crippen LogP contribution >= 0.6 is 15.3 Å². The van der Waals surface area contributed by atoms with Crippen molar-refractivity contribution in [2.75, 3.05) is 0 Å². The van der Waals surface area contributed by atoms with E-state index in [1.54, 1.807) is 21.9 Å². The summed E-state index contributed by atoms with van der Waals surface area (Å²) >= 11 is 4.94. The molecule has 0 spiro atoms. The van der Waals surface area contributed by atoms with E-state index in [0.717, 1.165) is 11.2 Å². The molecule has 0 aromatic heterocycles. The lowest BCUT2D eigenvalue weighted by molar-refractivity contribution is 1.09. The highest BCUT2D eigenvalue weighted by atomic mass is 79.9. The Balaban J connectivity index is 2.37. The maximum absolute atomic E-state index is 4.94. The van der Waals surface area contributed by atoms with Crippen LogP contribution in [0, 0.1) is 0 Å². The first-order valence-electron chi connectivity index (χ1n) is 18.6. The smallest absolute Gasteiger partial charge is 0.114 e. The van der Waals surface area contributed by atoms with Gasteiger partial charge in [-0.15, -0.1) is 15.3 Å². The second-order valence-electron chi connectivity index (χ2n) is 21.8. The first kappa shape index (κ1) is 40.4. The molecule has 8 heteroatoms. The van der Waals surface area contributed by atoms with Gasteiger partial charge in [0.05, 0.1) is 0 Å². The average molecular weight is 826 g/mol. The molecule has 0 amide bonds. The van der Waals surface area contributed by atoms with Gasteiger partial charge in [-0.1, -0.05) is 179 Å². The van der Waals surface area contributed by atoms with E-state index in [0.29, 0.717) is 10.3 Å². The Morgan fingerprint density at radius 2 is 0.833 bits per heavy atom. The monoisotopic (exact) mass is 824 g/mol. The highest BCUT2D eigenvalue weighted by Crippen LogP contribution is 2.47. The summed E-state index contributed by atoms with van der Waals surface area (Å²) < 4.78 is 0. The van der Waals surface area contributed by atoms with E-state index in [9.17, 15) is 0 Å². The lowest BCUT2D eigenvalue weighted by Gasteiger charge is -2.48. The van der Waals surface area contributed by atoms with Crippen molar-refractivity contribution in [2.45, 2.75) is 139 Å². The summed E-state index contributed by atoms with van der Waals surface area (Å²) in [5.74, 6) is 0. The van der Waals surface area contributed by atoms with Gasteiger partial charge in [0.2, 0.25) is 0 Å².